The van der Waals surface area contributed by atoms with Crippen LogP contribution < -0.4 is 11.1 Å². The fourth-order valence-electron chi connectivity index (χ4n) is 1.97. The van der Waals surface area contributed by atoms with Crippen LogP contribution in [0.3, 0.4) is 0 Å². The molecule has 19 heavy (non-hydrogen) atoms. The Labute approximate surface area is 110 Å². The summed E-state index contributed by atoms with van der Waals surface area (Å²) in [4.78, 5) is 0. The third-order valence-corrected chi connectivity index (χ3v) is 3.21. The van der Waals surface area contributed by atoms with Crippen molar-refractivity contribution in [2.24, 2.45) is 16.8 Å². The van der Waals surface area contributed by atoms with Crippen LogP contribution in [0.15, 0.2) is 23.4 Å². The number of hydrogen-bond donors (Lipinski definition) is 4. The van der Waals surface area contributed by atoms with E-state index in [2.05, 4.69) is 10.5 Å². The smallest absolute Gasteiger partial charge is 0.170 e. The van der Waals surface area contributed by atoms with Gasteiger partial charge in [-0.1, -0.05) is 5.16 Å². The zero-order chi connectivity index (χ0) is 13.8. The number of halogens is 1. The number of nitrogens with zero attached hydrogens (tertiary/aromatic N) is 1. The molecule has 2 rings (SSSR count). The second-order valence-corrected chi connectivity index (χ2v) is 4.87. The molecule has 104 valence electrons. The summed E-state index contributed by atoms with van der Waals surface area (Å²) >= 11 is 0. The zero-order valence-corrected chi connectivity index (χ0v) is 10.5. The summed E-state index contributed by atoms with van der Waals surface area (Å²) in [5.41, 5.74) is 6.45. The van der Waals surface area contributed by atoms with E-state index >= 15 is 0 Å². The summed E-state index contributed by atoms with van der Waals surface area (Å²) in [6.45, 7) is 0.910. The Hall–Kier alpha value is -1.66. The Balaban J connectivity index is 1.93. The van der Waals surface area contributed by atoms with E-state index in [4.69, 9.17) is 10.9 Å². The van der Waals surface area contributed by atoms with Gasteiger partial charge in [0.25, 0.3) is 0 Å². The number of aliphatic hydroxyl groups excluding tert-OH is 1. The lowest BCUT2D eigenvalue weighted by Gasteiger charge is -2.11. The summed E-state index contributed by atoms with van der Waals surface area (Å²) in [5, 5.41) is 24.2. The van der Waals surface area contributed by atoms with E-state index in [0.717, 1.165) is 12.8 Å². The molecule has 5 N–H and O–H groups in total. The summed E-state index contributed by atoms with van der Waals surface area (Å²) < 4.78 is 13.4. The van der Waals surface area contributed by atoms with Crippen LogP contribution in [0.2, 0.25) is 0 Å². The molecule has 0 amide bonds. The molecule has 1 aliphatic carbocycles. The standard InChI is InChI=1S/C13H18FN3O2/c14-11-4-8(3-10(5-11)13(15)17-19)6-16-7-12(18)9-1-2-9/h3-5,9,12,16,18-19H,1-2,6-7H2,(H2,15,17). The summed E-state index contributed by atoms with van der Waals surface area (Å²) in [7, 11) is 0. The van der Waals surface area contributed by atoms with Crippen molar-refractivity contribution >= 4 is 5.84 Å². The first-order valence-electron chi connectivity index (χ1n) is 6.26. The van der Waals surface area contributed by atoms with Crippen LogP contribution in [0, 0.1) is 11.7 Å². The highest BCUT2D eigenvalue weighted by molar-refractivity contribution is 5.97. The fourth-order valence-corrected chi connectivity index (χ4v) is 1.97. The molecule has 1 saturated carbocycles. The topological polar surface area (TPSA) is 90.9 Å². The van der Waals surface area contributed by atoms with Crippen molar-refractivity contribution < 1.29 is 14.7 Å². The number of nitrogens with two attached hydrogens (primary N) is 1. The Kier molecular flexibility index (Phi) is 4.34. The van der Waals surface area contributed by atoms with Gasteiger partial charge in [0.15, 0.2) is 5.84 Å². The molecule has 1 aliphatic rings. The van der Waals surface area contributed by atoms with Crippen LogP contribution in [0.5, 0.6) is 0 Å². The van der Waals surface area contributed by atoms with Crippen molar-refractivity contribution in [3.63, 3.8) is 0 Å². The molecule has 0 spiro atoms. The van der Waals surface area contributed by atoms with Gasteiger partial charge < -0.3 is 21.4 Å². The molecule has 0 bridgehead atoms. The molecular formula is C13H18FN3O2. The van der Waals surface area contributed by atoms with Crippen LogP contribution in [-0.2, 0) is 6.54 Å². The molecule has 0 aliphatic heterocycles. The van der Waals surface area contributed by atoms with Gasteiger partial charge in [-0.3, -0.25) is 0 Å². The van der Waals surface area contributed by atoms with Crippen molar-refractivity contribution in [2.75, 3.05) is 6.54 Å². The molecule has 1 unspecified atom stereocenters. The average molecular weight is 267 g/mol. The van der Waals surface area contributed by atoms with Crippen molar-refractivity contribution in [2.45, 2.75) is 25.5 Å². The number of oxime groups is 1. The normalized spacial score (nSPS) is 17.5. The van der Waals surface area contributed by atoms with Gasteiger partial charge in [0.1, 0.15) is 5.82 Å². The molecule has 0 saturated heterocycles. The van der Waals surface area contributed by atoms with Gasteiger partial charge in [0.05, 0.1) is 6.10 Å². The maximum atomic E-state index is 13.4. The summed E-state index contributed by atoms with van der Waals surface area (Å²) in [6, 6.07) is 4.23. The first kappa shape index (κ1) is 13.8. The van der Waals surface area contributed by atoms with Crippen LogP contribution in [0.25, 0.3) is 0 Å². The monoisotopic (exact) mass is 267 g/mol. The van der Waals surface area contributed by atoms with Crippen LogP contribution in [0.1, 0.15) is 24.0 Å². The Morgan fingerprint density at radius 1 is 1.47 bits per heavy atom. The highest BCUT2D eigenvalue weighted by Gasteiger charge is 2.29. The molecule has 0 heterocycles. The third kappa shape index (κ3) is 3.90. The summed E-state index contributed by atoms with van der Waals surface area (Å²) in [5.74, 6) is -0.157. The molecule has 0 aromatic heterocycles. The van der Waals surface area contributed by atoms with Gasteiger partial charge in [0.2, 0.25) is 0 Å². The van der Waals surface area contributed by atoms with E-state index in [1.54, 1.807) is 6.07 Å². The van der Waals surface area contributed by atoms with E-state index in [1.807, 2.05) is 0 Å². The van der Waals surface area contributed by atoms with Gasteiger partial charge in [-0.05, 0) is 42.5 Å². The largest absolute Gasteiger partial charge is 0.409 e. The zero-order valence-electron chi connectivity index (χ0n) is 10.5. The van der Waals surface area contributed by atoms with Crippen molar-refractivity contribution in [3.8, 4) is 0 Å². The Morgan fingerprint density at radius 3 is 2.84 bits per heavy atom. The predicted molar refractivity (Wildman–Crippen MR) is 69.3 cm³/mol. The molecule has 0 radical (unpaired) electrons. The maximum Gasteiger partial charge on any atom is 0.170 e. The summed E-state index contributed by atoms with van der Waals surface area (Å²) in [6.07, 6.45) is 1.82. The number of hydrogen-bond acceptors (Lipinski definition) is 4. The number of benzene rings is 1. The molecule has 6 heteroatoms. The first-order chi connectivity index (χ1) is 9.10. The molecular weight excluding hydrogens is 249 g/mol. The fraction of sp³-hybridized carbons (Fsp3) is 0.462. The lowest BCUT2D eigenvalue weighted by molar-refractivity contribution is 0.148. The third-order valence-electron chi connectivity index (χ3n) is 3.21. The molecule has 1 fully saturated rings. The second kappa shape index (κ2) is 5.99. The number of nitrogens with one attached hydrogen (secondary N) is 1. The van der Waals surface area contributed by atoms with Crippen LogP contribution in [0.4, 0.5) is 4.39 Å². The average Bonchev–Trinajstić information content (AvgIpc) is 3.21. The van der Waals surface area contributed by atoms with Crippen molar-refractivity contribution in [1.82, 2.24) is 5.32 Å². The van der Waals surface area contributed by atoms with Gasteiger partial charge in [0, 0.05) is 18.7 Å². The van der Waals surface area contributed by atoms with E-state index in [9.17, 15) is 9.50 Å². The maximum absolute atomic E-state index is 13.4. The van der Waals surface area contributed by atoms with E-state index in [-0.39, 0.29) is 11.9 Å². The Morgan fingerprint density at radius 2 is 2.21 bits per heavy atom. The molecule has 5 nitrogen and oxygen atoms in total. The SMILES string of the molecule is N/C(=N/O)c1cc(F)cc(CNCC(O)C2CC2)c1. The minimum absolute atomic E-state index is 0.126. The molecule has 1 aromatic carbocycles. The molecule has 1 atom stereocenters. The lowest BCUT2D eigenvalue weighted by Crippen LogP contribution is -2.28. The van der Waals surface area contributed by atoms with Crippen molar-refractivity contribution in [3.05, 3.63) is 35.1 Å². The first-order valence-corrected chi connectivity index (χ1v) is 6.26. The molecule has 1 aromatic rings. The lowest BCUT2D eigenvalue weighted by atomic mass is 10.1. The van der Waals surface area contributed by atoms with Gasteiger partial charge in [-0.25, -0.2) is 4.39 Å². The Bertz CT molecular complexity index is 475. The van der Waals surface area contributed by atoms with E-state index < -0.39 is 5.82 Å². The van der Waals surface area contributed by atoms with Crippen LogP contribution in [-0.4, -0.2) is 28.8 Å². The minimum Gasteiger partial charge on any atom is -0.409 e. The number of aliphatic hydroxyl groups is 1. The quantitative estimate of drug-likeness (QED) is 0.265. The van der Waals surface area contributed by atoms with E-state index in [0.29, 0.717) is 30.1 Å². The highest BCUT2D eigenvalue weighted by Crippen LogP contribution is 2.32. The van der Waals surface area contributed by atoms with Gasteiger partial charge in [-0.2, -0.15) is 0 Å². The highest BCUT2D eigenvalue weighted by atomic mass is 19.1. The van der Waals surface area contributed by atoms with Crippen molar-refractivity contribution in [1.29, 1.82) is 0 Å². The van der Waals surface area contributed by atoms with E-state index in [1.165, 1.54) is 12.1 Å². The minimum atomic E-state index is -0.441. The predicted octanol–water partition coefficient (Wildman–Crippen LogP) is 0.781. The number of rotatable bonds is 6. The van der Waals surface area contributed by atoms with Gasteiger partial charge >= 0.3 is 0 Å². The number of amidine groups is 1. The van der Waals surface area contributed by atoms with Crippen LogP contribution >= 0.6 is 0 Å². The van der Waals surface area contributed by atoms with Gasteiger partial charge in [-0.15, -0.1) is 0 Å². The second-order valence-electron chi connectivity index (χ2n) is 4.87.